The first kappa shape index (κ1) is 22.4. The van der Waals surface area contributed by atoms with Crippen molar-refractivity contribution in [3.63, 3.8) is 0 Å². The third kappa shape index (κ3) is 6.63. The molecule has 0 aromatic heterocycles. The Morgan fingerprint density at radius 2 is 1.89 bits per heavy atom. The van der Waals surface area contributed by atoms with Crippen molar-refractivity contribution in [1.82, 2.24) is 10.6 Å². The number of hydrogen-bond acceptors (Lipinski definition) is 5. The number of ether oxygens (including phenoxy) is 2. The Bertz CT molecular complexity index is 731. The Balaban J connectivity index is 2.09. The fourth-order valence-corrected chi connectivity index (χ4v) is 3.27. The lowest BCUT2D eigenvalue weighted by atomic mass is 9.88. The van der Waals surface area contributed by atoms with Gasteiger partial charge in [0.15, 0.2) is 0 Å². The van der Waals surface area contributed by atoms with Crippen molar-refractivity contribution in [3.8, 4) is 6.07 Å². The number of alkyl carbamates (subject to hydrolysis) is 1. The fraction of sp³-hybridized carbons (Fsp3) is 0.550. The molecule has 1 aromatic rings. The lowest BCUT2D eigenvalue weighted by molar-refractivity contribution is -0.132. The molecule has 2 amide bonds. The zero-order valence-corrected chi connectivity index (χ0v) is 18.5. The van der Waals surface area contributed by atoms with E-state index in [-0.39, 0.29) is 0 Å². The summed E-state index contributed by atoms with van der Waals surface area (Å²) in [4.78, 5) is 25.3. The molecule has 1 saturated heterocycles. The Hall–Kier alpha value is -1.86. The van der Waals surface area contributed by atoms with Gasteiger partial charge in [0, 0.05) is 36.0 Å². The van der Waals surface area contributed by atoms with E-state index in [4.69, 9.17) is 9.47 Å². The van der Waals surface area contributed by atoms with Gasteiger partial charge in [0.05, 0.1) is 6.07 Å². The first-order valence-electron chi connectivity index (χ1n) is 9.17. The van der Waals surface area contributed by atoms with Crippen molar-refractivity contribution < 1.29 is 19.1 Å². The van der Waals surface area contributed by atoms with Gasteiger partial charge in [0.2, 0.25) is 5.91 Å². The van der Waals surface area contributed by atoms with Gasteiger partial charge in [0.1, 0.15) is 17.2 Å². The monoisotopic (exact) mass is 499 g/mol. The molecule has 1 aliphatic rings. The first-order valence-corrected chi connectivity index (χ1v) is 10.3. The number of nitriles is 1. The van der Waals surface area contributed by atoms with Gasteiger partial charge in [0.25, 0.3) is 0 Å². The average molecular weight is 499 g/mol. The van der Waals surface area contributed by atoms with Crippen LogP contribution in [-0.2, 0) is 20.7 Å². The van der Waals surface area contributed by atoms with E-state index in [9.17, 15) is 14.9 Å². The first-order chi connectivity index (χ1) is 13.1. The van der Waals surface area contributed by atoms with E-state index < -0.39 is 29.2 Å². The van der Waals surface area contributed by atoms with Crippen LogP contribution in [0.25, 0.3) is 0 Å². The lowest BCUT2D eigenvalue weighted by Gasteiger charge is -2.37. The van der Waals surface area contributed by atoms with Crippen molar-refractivity contribution in [2.24, 2.45) is 0 Å². The van der Waals surface area contributed by atoms with Gasteiger partial charge in [-0.1, -0.05) is 12.1 Å². The smallest absolute Gasteiger partial charge is 0.408 e. The van der Waals surface area contributed by atoms with Gasteiger partial charge in [-0.3, -0.25) is 4.79 Å². The highest BCUT2D eigenvalue weighted by molar-refractivity contribution is 14.1. The Morgan fingerprint density at radius 3 is 2.43 bits per heavy atom. The second kappa shape index (κ2) is 9.56. The van der Waals surface area contributed by atoms with Gasteiger partial charge >= 0.3 is 6.09 Å². The Morgan fingerprint density at radius 1 is 1.29 bits per heavy atom. The molecule has 1 aliphatic heterocycles. The van der Waals surface area contributed by atoms with Crippen LogP contribution in [0.15, 0.2) is 24.3 Å². The molecular formula is C20H26IN3O4. The zero-order chi connectivity index (χ0) is 20.8. The number of nitrogens with zero attached hydrogens (tertiary/aromatic N) is 1. The molecule has 8 heteroatoms. The van der Waals surface area contributed by atoms with Crippen LogP contribution in [0.4, 0.5) is 4.79 Å². The molecule has 28 heavy (non-hydrogen) atoms. The van der Waals surface area contributed by atoms with Crippen LogP contribution < -0.4 is 10.6 Å². The molecular weight excluding hydrogens is 473 g/mol. The fourth-order valence-electron chi connectivity index (χ4n) is 2.91. The van der Waals surface area contributed by atoms with Crippen molar-refractivity contribution in [3.05, 3.63) is 33.4 Å². The van der Waals surface area contributed by atoms with Crippen LogP contribution >= 0.6 is 22.6 Å². The van der Waals surface area contributed by atoms with Gasteiger partial charge in [-0.25, -0.2) is 4.79 Å². The number of carbonyl (C=O) groups is 2. The Labute approximate surface area is 179 Å². The molecule has 7 nitrogen and oxygen atoms in total. The van der Waals surface area contributed by atoms with Crippen LogP contribution in [0.2, 0.25) is 0 Å². The molecule has 2 rings (SSSR count). The van der Waals surface area contributed by atoms with E-state index in [0.29, 0.717) is 32.5 Å². The molecule has 152 valence electrons. The lowest BCUT2D eigenvalue weighted by Crippen LogP contribution is -2.63. The van der Waals surface area contributed by atoms with Gasteiger partial charge in [-0.2, -0.15) is 5.26 Å². The van der Waals surface area contributed by atoms with Gasteiger partial charge in [-0.05, 0) is 61.1 Å². The quantitative estimate of drug-likeness (QED) is 0.607. The topological polar surface area (TPSA) is 100 Å². The minimum atomic E-state index is -1.15. The van der Waals surface area contributed by atoms with Crippen molar-refractivity contribution in [2.75, 3.05) is 13.2 Å². The minimum absolute atomic E-state index is 0.319. The van der Waals surface area contributed by atoms with E-state index in [2.05, 4.69) is 39.3 Å². The maximum Gasteiger partial charge on any atom is 0.408 e. The number of rotatable bonds is 5. The molecule has 0 bridgehead atoms. The highest BCUT2D eigenvalue weighted by Crippen LogP contribution is 2.23. The van der Waals surface area contributed by atoms with E-state index >= 15 is 0 Å². The average Bonchev–Trinajstić information content (AvgIpc) is 2.62. The van der Waals surface area contributed by atoms with Crippen LogP contribution in [0, 0.1) is 14.9 Å². The third-order valence-corrected chi connectivity index (χ3v) is 5.05. The van der Waals surface area contributed by atoms with Crippen molar-refractivity contribution in [2.45, 2.75) is 57.2 Å². The summed E-state index contributed by atoms with van der Waals surface area (Å²) >= 11 is 2.21. The minimum Gasteiger partial charge on any atom is -0.444 e. The van der Waals surface area contributed by atoms with E-state index in [1.807, 2.05) is 24.3 Å². The predicted octanol–water partition coefficient (Wildman–Crippen LogP) is 2.92. The van der Waals surface area contributed by atoms with E-state index in [1.54, 1.807) is 20.8 Å². The molecule has 0 saturated carbocycles. The standard InChI is InChI=1S/C20H26IN3O4/c1-19(2,3)28-18(26)24-20(8-10-27-11-9-20)17(25)23-16(13-22)12-14-4-6-15(21)7-5-14/h4-7,16H,8-12H2,1-3H3,(H,23,25)(H,24,26)/t16-/m0/s1. The summed E-state index contributed by atoms with van der Waals surface area (Å²) in [7, 11) is 0. The maximum atomic E-state index is 13.0. The largest absolute Gasteiger partial charge is 0.444 e. The molecule has 2 N–H and O–H groups in total. The van der Waals surface area contributed by atoms with Crippen LogP contribution in [0.3, 0.4) is 0 Å². The summed E-state index contributed by atoms with van der Waals surface area (Å²) in [6.45, 7) is 5.97. The molecule has 1 fully saturated rings. The van der Waals surface area contributed by atoms with Crippen molar-refractivity contribution >= 4 is 34.6 Å². The van der Waals surface area contributed by atoms with Gasteiger partial charge < -0.3 is 20.1 Å². The number of hydrogen-bond donors (Lipinski definition) is 2. The SMILES string of the molecule is CC(C)(C)OC(=O)NC1(C(=O)N[C@H](C#N)Cc2ccc(I)cc2)CCOCC1. The molecule has 1 atom stereocenters. The number of amides is 2. The van der Waals surface area contributed by atoms with Crippen molar-refractivity contribution in [1.29, 1.82) is 5.26 Å². The van der Waals surface area contributed by atoms with E-state index in [0.717, 1.165) is 9.13 Å². The second-order valence-corrected chi connectivity index (χ2v) is 9.05. The highest BCUT2D eigenvalue weighted by Gasteiger charge is 2.43. The highest BCUT2D eigenvalue weighted by atomic mass is 127. The number of nitrogens with one attached hydrogen (secondary N) is 2. The number of benzene rings is 1. The zero-order valence-electron chi connectivity index (χ0n) is 16.4. The summed E-state index contributed by atoms with van der Waals surface area (Å²) in [6.07, 6.45) is 0.369. The maximum absolute atomic E-state index is 13.0. The molecule has 1 aromatic carbocycles. The molecule has 1 heterocycles. The van der Waals surface area contributed by atoms with Crippen LogP contribution in [0.5, 0.6) is 0 Å². The number of carbonyl (C=O) groups excluding carboxylic acids is 2. The van der Waals surface area contributed by atoms with Crippen LogP contribution in [-0.4, -0.2) is 42.4 Å². The van der Waals surface area contributed by atoms with Gasteiger partial charge in [-0.15, -0.1) is 0 Å². The summed E-state index contributed by atoms with van der Waals surface area (Å²) in [5.74, 6) is -0.390. The second-order valence-electron chi connectivity index (χ2n) is 7.81. The summed E-state index contributed by atoms with van der Waals surface area (Å²) in [5, 5.41) is 15.0. The Kier molecular flexibility index (Phi) is 7.66. The molecule has 0 spiro atoms. The molecule has 0 unspecified atom stereocenters. The summed E-state index contributed by atoms with van der Waals surface area (Å²) in [5.41, 5.74) is -0.873. The molecule has 0 radical (unpaired) electrons. The molecule has 0 aliphatic carbocycles. The number of halogens is 1. The normalized spacial score (nSPS) is 17.1. The van der Waals surface area contributed by atoms with Crippen LogP contribution in [0.1, 0.15) is 39.2 Å². The van der Waals surface area contributed by atoms with E-state index in [1.165, 1.54) is 0 Å². The summed E-state index contributed by atoms with van der Waals surface area (Å²) in [6, 6.07) is 9.21. The predicted molar refractivity (Wildman–Crippen MR) is 113 cm³/mol. The summed E-state index contributed by atoms with van der Waals surface area (Å²) < 4.78 is 11.8. The third-order valence-electron chi connectivity index (χ3n) is 4.34.